The summed E-state index contributed by atoms with van der Waals surface area (Å²) in [4.78, 5) is 28.3. The number of aryl methyl sites for hydroxylation is 1. The van der Waals surface area contributed by atoms with E-state index in [4.69, 9.17) is 0 Å². The first-order valence-corrected chi connectivity index (χ1v) is 19.2. The second kappa shape index (κ2) is 11.7. The van der Waals surface area contributed by atoms with Crippen LogP contribution in [0.2, 0.25) is 0 Å². The Labute approximate surface area is 326 Å². The molecule has 0 atom stereocenters. The second-order valence-electron chi connectivity index (χ2n) is 14.9. The minimum Gasteiger partial charge on any atom is -0.341 e. The van der Waals surface area contributed by atoms with Crippen LogP contribution in [0.3, 0.4) is 0 Å². The molecule has 57 heavy (non-hydrogen) atoms. The highest BCUT2D eigenvalue weighted by Crippen LogP contribution is 2.47. The SMILES string of the molecule is Cn1c2cccc3c2n2c4c1c(-c1cc(-c5ccccc5)ccc1C=O)cc1c5cc(-c6ccccc6)ccc5c(=O)n(c5cccc(c5-2)n3-c2ccccc2)c14. The number of hydrogen-bond acceptors (Lipinski definition) is 2. The summed E-state index contributed by atoms with van der Waals surface area (Å²) in [5.41, 5.74) is 16.0. The van der Waals surface area contributed by atoms with Crippen molar-refractivity contribution in [2.24, 2.45) is 7.05 Å². The van der Waals surface area contributed by atoms with Gasteiger partial charge in [-0.25, -0.2) is 0 Å². The van der Waals surface area contributed by atoms with E-state index in [0.717, 1.165) is 106 Å². The number of hydrogen-bond donors (Lipinski definition) is 0. The van der Waals surface area contributed by atoms with Crippen LogP contribution in [-0.2, 0) is 7.05 Å². The highest BCUT2D eigenvalue weighted by molar-refractivity contribution is 6.23. The van der Waals surface area contributed by atoms with Crippen LogP contribution in [0.5, 0.6) is 0 Å². The lowest BCUT2D eigenvalue weighted by Gasteiger charge is -2.32. The number of aldehydes is 1. The lowest BCUT2D eigenvalue weighted by Crippen LogP contribution is -2.23. The molecule has 6 heteroatoms. The van der Waals surface area contributed by atoms with Gasteiger partial charge in [-0.3, -0.25) is 18.6 Å². The monoisotopic (exact) mass is 732 g/mol. The van der Waals surface area contributed by atoms with Gasteiger partial charge < -0.3 is 9.13 Å². The van der Waals surface area contributed by atoms with Crippen LogP contribution in [0.25, 0.3) is 105 Å². The summed E-state index contributed by atoms with van der Waals surface area (Å²) in [5, 5.41) is 2.44. The number of pyridine rings is 1. The Kier molecular flexibility index (Phi) is 6.47. The number of fused-ring (bicyclic) bond motifs is 3. The molecular weight excluding hydrogens is 701 g/mol. The van der Waals surface area contributed by atoms with Crippen molar-refractivity contribution in [2.45, 2.75) is 0 Å². The van der Waals surface area contributed by atoms with Gasteiger partial charge in [-0.2, -0.15) is 0 Å². The largest absolute Gasteiger partial charge is 0.341 e. The minimum absolute atomic E-state index is 0.0710. The Morgan fingerprint density at radius 2 is 1.07 bits per heavy atom. The Morgan fingerprint density at radius 3 is 1.79 bits per heavy atom. The normalized spacial score (nSPS) is 12.1. The molecule has 8 aromatic carbocycles. The van der Waals surface area contributed by atoms with Crippen molar-refractivity contribution in [2.75, 3.05) is 0 Å². The number of nitrogens with zero attached hydrogens (tertiary/aromatic N) is 4. The van der Waals surface area contributed by atoms with Crippen LogP contribution in [0.1, 0.15) is 10.4 Å². The van der Waals surface area contributed by atoms with Gasteiger partial charge in [-0.1, -0.05) is 109 Å². The average molecular weight is 733 g/mol. The van der Waals surface area contributed by atoms with Crippen LogP contribution in [0, 0.1) is 0 Å². The maximum Gasteiger partial charge on any atom is 0.263 e. The van der Waals surface area contributed by atoms with Gasteiger partial charge in [0.1, 0.15) is 0 Å². The van der Waals surface area contributed by atoms with Crippen molar-refractivity contribution in [3.8, 4) is 44.8 Å². The number of carbonyl (C=O) groups is 1. The third-order valence-electron chi connectivity index (χ3n) is 12.0. The third kappa shape index (κ3) is 4.24. The van der Waals surface area contributed by atoms with Gasteiger partial charge >= 0.3 is 0 Å². The molecule has 12 rings (SSSR count). The Balaban J connectivity index is 1.37. The van der Waals surface area contributed by atoms with Gasteiger partial charge in [0, 0.05) is 34.6 Å². The minimum atomic E-state index is -0.0710. The summed E-state index contributed by atoms with van der Waals surface area (Å²) in [6, 6.07) is 58.3. The molecule has 0 bridgehead atoms. The van der Waals surface area contributed by atoms with E-state index >= 15 is 4.79 Å². The number of rotatable bonds is 5. The van der Waals surface area contributed by atoms with Gasteiger partial charge in [0.05, 0.1) is 49.8 Å². The van der Waals surface area contributed by atoms with E-state index in [1.807, 2.05) is 71.1 Å². The standard InChI is InChI=1S/C51H32N4O2/c1-52-42-19-11-20-43-48(42)55-49-44(53(43)36-17-9-4-10-18-36)21-12-22-45(49)54-47-41(39-28-34(25-26-37(39)51(54)57)32-15-7-3-8-16-32)29-40(46(52)50(47)55)38-27-33(23-24-35(38)30-56)31-13-5-2-6-14-31/h2-30H,1H3. The molecule has 2 aliphatic rings. The Hall–Kier alpha value is -7.70. The predicted octanol–water partition coefficient (Wildman–Crippen LogP) is 11.7. The zero-order valence-electron chi connectivity index (χ0n) is 30.8. The lowest BCUT2D eigenvalue weighted by atomic mass is 9.90. The molecule has 0 N–H and O–H groups in total. The molecule has 0 spiro atoms. The van der Waals surface area contributed by atoms with Gasteiger partial charge in [-0.15, -0.1) is 0 Å². The molecule has 6 nitrogen and oxygen atoms in total. The van der Waals surface area contributed by atoms with Crippen LogP contribution in [0.15, 0.2) is 175 Å². The van der Waals surface area contributed by atoms with E-state index < -0.39 is 0 Å². The number of para-hydroxylation sites is 3. The summed E-state index contributed by atoms with van der Waals surface area (Å²) >= 11 is 0. The summed E-state index contributed by atoms with van der Waals surface area (Å²) in [6.07, 6.45) is 0.958. The van der Waals surface area contributed by atoms with Crippen molar-refractivity contribution >= 4 is 66.6 Å². The van der Waals surface area contributed by atoms with E-state index in [-0.39, 0.29) is 5.56 Å². The van der Waals surface area contributed by atoms with Gasteiger partial charge in [0.25, 0.3) is 5.56 Å². The Morgan fingerprint density at radius 1 is 0.439 bits per heavy atom. The third-order valence-corrected chi connectivity index (χ3v) is 12.0. The summed E-state index contributed by atoms with van der Waals surface area (Å²) in [7, 11) is 2.11. The van der Waals surface area contributed by atoms with E-state index in [1.54, 1.807) is 0 Å². The summed E-state index contributed by atoms with van der Waals surface area (Å²) in [5.74, 6) is 0. The highest BCUT2D eigenvalue weighted by atomic mass is 16.1. The maximum absolute atomic E-state index is 15.2. The molecule has 0 saturated heterocycles. The first-order chi connectivity index (χ1) is 28.1. The number of carbonyl (C=O) groups excluding carboxylic acids is 1. The summed E-state index contributed by atoms with van der Waals surface area (Å²) < 4.78 is 8.90. The first kappa shape index (κ1) is 31.6. The molecule has 2 aromatic heterocycles. The van der Waals surface area contributed by atoms with E-state index in [0.29, 0.717) is 10.9 Å². The quantitative estimate of drug-likeness (QED) is 0.100. The maximum atomic E-state index is 15.2. The predicted molar refractivity (Wildman–Crippen MR) is 233 cm³/mol. The van der Waals surface area contributed by atoms with E-state index in [2.05, 4.69) is 124 Å². The molecule has 268 valence electrons. The van der Waals surface area contributed by atoms with Gasteiger partial charge in [0.15, 0.2) is 6.29 Å². The van der Waals surface area contributed by atoms with E-state index in [9.17, 15) is 4.79 Å². The van der Waals surface area contributed by atoms with Crippen LogP contribution < -0.4 is 5.56 Å². The van der Waals surface area contributed by atoms with Gasteiger partial charge in [-0.05, 0) is 93.9 Å². The van der Waals surface area contributed by atoms with Crippen molar-refractivity contribution in [1.82, 2.24) is 18.1 Å². The van der Waals surface area contributed by atoms with Crippen LogP contribution >= 0.6 is 0 Å². The van der Waals surface area contributed by atoms with Crippen LogP contribution in [-0.4, -0.2) is 24.4 Å². The number of aromatic nitrogens is 4. The molecule has 0 fully saturated rings. The second-order valence-corrected chi connectivity index (χ2v) is 14.9. The molecule has 10 aromatic rings. The topological polar surface area (TPSA) is 53.3 Å². The molecule has 4 heterocycles. The summed E-state index contributed by atoms with van der Waals surface area (Å²) in [6.45, 7) is 0. The molecule has 0 amide bonds. The van der Waals surface area contributed by atoms with Crippen molar-refractivity contribution in [3.05, 3.63) is 186 Å². The fraction of sp³-hybridized carbons (Fsp3) is 0.0196. The smallest absolute Gasteiger partial charge is 0.263 e. The molecule has 0 radical (unpaired) electrons. The zero-order chi connectivity index (χ0) is 37.9. The van der Waals surface area contributed by atoms with Crippen molar-refractivity contribution in [1.29, 1.82) is 0 Å². The Bertz CT molecular complexity index is 3610. The van der Waals surface area contributed by atoms with Crippen molar-refractivity contribution in [3.63, 3.8) is 0 Å². The highest BCUT2D eigenvalue weighted by Gasteiger charge is 2.30. The fourth-order valence-electron chi connectivity index (χ4n) is 9.50. The zero-order valence-corrected chi connectivity index (χ0v) is 30.8. The fourth-order valence-corrected chi connectivity index (χ4v) is 9.50. The number of benzene rings is 8. The lowest BCUT2D eigenvalue weighted by molar-refractivity contribution is 0.112. The molecule has 0 saturated carbocycles. The average Bonchev–Trinajstić information content (AvgIpc) is 3.28. The molecule has 0 aliphatic carbocycles. The molecule has 2 aliphatic heterocycles. The van der Waals surface area contributed by atoms with Crippen LogP contribution in [0.4, 0.5) is 0 Å². The van der Waals surface area contributed by atoms with Crippen molar-refractivity contribution < 1.29 is 4.79 Å². The molecular formula is C51H32N4O2. The molecule has 0 unspecified atom stereocenters. The van der Waals surface area contributed by atoms with E-state index in [1.165, 1.54) is 0 Å². The van der Waals surface area contributed by atoms with Gasteiger partial charge in [0.2, 0.25) is 0 Å². The first-order valence-electron chi connectivity index (χ1n) is 19.2.